The number of rotatable bonds is 6. The van der Waals surface area contributed by atoms with Gasteiger partial charge in [-0.1, -0.05) is 48.0 Å². The second-order valence-corrected chi connectivity index (χ2v) is 8.51. The number of nitrogens with one attached hydrogen (secondary N) is 1. The highest BCUT2D eigenvalue weighted by Crippen LogP contribution is 2.37. The Morgan fingerprint density at radius 1 is 1.06 bits per heavy atom. The van der Waals surface area contributed by atoms with Crippen molar-refractivity contribution in [3.8, 4) is 0 Å². The topological polar surface area (TPSA) is 42.0 Å². The van der Waals surface area contributed by atoms with Crippen LogP contribution in [0.5, 0.6) is 0 Å². The van der Waals surface area contributed by atoms with Gasteiger partial charge in [-0.15, -0.1) is 0 Å². The molecular formula is C26H23ClF4N2O. The summed E-state index contributed by atoms with van der Waals surface area (Å²) in [4.78, 5) is 16.6. The van der Waals surface area contributed by atoms with Crippen LogP contribution in [0.1, 0.15) is 49.8 Å². The van der Waals surface area contributed by atoms with Crippen LogP contribution >= 0.6 is 11.6 Å². The molecule has 3 nitrogen and oxygen atoms in total. The predicted octanol–water partition coefficient (Wildman–Crippen LogP) is 7.09. The van der Waals surface area contributed by atoms with Crippen LogP contribution in [0.4, 0.5) is 17.6 Å². The van der Waals surface area contributed by atoms with Crippen molar-refractivity contribution >= 4 is 23.6 Å². The van der Waals surface area contributed by atoms with Gasteiger partial charge in [-0.25, -0.2) is 4.39 Å². The molecule has 2 aromatic carbocycles. The molecule has 3 aromatic rings. The first-order valence-electron chi connectivity index (χ1n) is 10.5. The molecule has 1 atom stereocenters. The number of nitrogens with zero attached hydrogens (tertiary/aromatic N) is 1. The average Bonchev–Trinajstić information content (AvgIpc) is 2.76. The van der Waals surface area contributed by atoms with E-state index in [1.807, 2.05) is 0 Å². The van der Waals surface area contributed by atoms with Crippen LogP contribution < -0.4 is 5.32 Å². The predicted molar refractivity (Wildman–Crippen MR) is 125 cm³/mol. The van der Waals surface area contributed by atoms with Crippen LogP contribution in [0, 0.1) is 26.6 Å². The Kier molecular flexibility index (Phi) is 7.77. The number of allylic oxidation sites excluding steroid dienone is 1. The van der Waals surface area contributed by atoms with E-state index in [4.69, 9.17) is 11.6 Å². The third kappa shape index (κ3) is 6.23. The number of benzene rings is 2. The highest BCUT2D eigenvalue weighted by molar-refractivity contribution is 6.30. The van der Waals surface area contributed by atoms with Crippen LogP contribution in [0.15, 0.2) is 54.7 Å². The van der Waals surface area contributed by atoms with Crippen LogP contribution in [-0.2, 0) is 6.54 Å². The van der Waals surface area contributed by atoms with Gasteiger partial charge in [0.2, 0.25) is 0 Å². The average molecular weight is 491 g/mol. The van der Waals surface area contributed by atoms with E-state index in [2.05, 4.69) is 10.3 Å². The molecule has 1 aromatic heterocycles. The van der Waals surface area contributed by atoms with E-state index in [1.54, 1.807) is 37.3 Å². The standard InChI is InChI=1S/C26H23ClF4N2O/c1-15-10-18(4-8-22(15)25(34)33-14-21-7-6-20(27)13-32-21)5-9-23(26(29,30)31)19-11-16(2)24(28)17(3)12-19/h4-13,23H,14H2,1-3H3,(H,33,34)/b9-5+. The molecular weight excluding hydrogens is 468 g/mol. The van der Waals surface area contributed by atoms with Gasteiger partial charge in [0.15, 0.2) is 0 Å². The largest absolute Gasteiger partial charge is 0.399 e. The van der Waals surface area contributed by atoms with Crippen LogP contribution in [0.3, 0.4) is 0 Å². The van der Waals surface area contributed by atoms with Crippen LogP contribution in [0.25, 0.3) is 6.08 Å². The quantitative estimate of drug-likeness (QED) is 0.375. The third-order valence-corrected chi connectivity index (χ3v) is 5.59. The minimum atomic E-state index is -4.54. The number of aryl methyl sites for hydroxylation is 3. The Balaban J connectivity index is 1.77. The van der Waals surface area contributed by atoms with Gasteiger partial charge in [0.25, 0.3) is 5.91 Å². The molecule has 34 heavy (non-hydrogen) atoms. The van der Waals surface area contributed by atoms with Gasteiger partial charge in [0.1, 0.15) is 5.82 Å². The van der Waals surface area contributed by atoms with E-state index in [1.165, 1.54) is 38.3 Å². The smallest absolute Gasteiger partial charge is 0.346 e. The Hall–Kier alpha value is -3.19. The van der Waals surface area contributed by atoms with Crippen molar-refractivity contribution in [1.29, 1.82) is 0 Å². The highest BCUT2D eigenvalue weighted by Gasteiger charge is 2.39. The first-order valence-corrected chi connectivity index (χ1v) is 10.8. The van der Waals surface area contributed by atoms with Crippen molar-refractivity contribution in [3.63, 3.8) is 0 Å². The maximum Gasteiger partial charge on any atom is 0.399 e. The molecule has 0 aliphatic rings. The Morgan fingerprint density at radius 2 is 1.74 bits per heavy atom. The van der Waals surface area contributed by atoms with Gasteiger partial charge in [0, 0.05) is 11.8 Å². The van der Waals surface area contributed by atoms with Crippen molar-refractivity contribution in [3.05, 3.63) is 105 Å². The lowest BCUT2D eigenvalue weighted by Gasteiger charge is -2.19. The van der Waals surface area contributed by atoms with Crippen molar-refractivity contribution in [2.24, 2.45) is 0 Å². The molecule has 3 rings (SSSR count). The summed E-state index contributed by atoms with van der Waals surface area (Å²) < 4.78 is 55.2. The zero-order valence-electron chi connectivity index (χ0n) is 18.8. The van der Waals surface area contributed by atoms with Crippen molar-refractivity contribution in [2.75, 3.05) is 0 Å². The van der Waals surface area contributed by atoms with Crippen molar-refractivity contribution in [1.82, 2.24) is 10.3 Å². The number of aromatic nitrogens is 1. The molecule has 8 heteroatoms. The maximum atomic E-state index is 13.9. The summed E-state index contributed by atoms with van der Waals surface area (Å²) in [5.74, 6) is -2.72. The number of carbonyl (C=O) groups is 1. The number of hydrogen-bond donors (Lipinski definition) is 1. The van der Waals surface area contributed by atoms with Crippen molar-refractivity contribution < 1.29 is 22.4 Å². The number of pyridine rings is 1. The summed E-state index contributed by atoms with van der Waals surface area (Å²) in [6, 6.07) is 10.6. The van der Waals surface area contributed by atoms with Gasteiger partial charge in [-0.3, -0.25) is 9.78 Å². The number of carbonyl (C=O) groups excluding carboxylic acids is 1. The molecule has 0 bridgehead atoms. The van der Waals surface area contributed by atoms with Crippen LogP contribution in [0.2, 0.25) is 5.02 Å². The molecule has 0 spiro atoms. The minimum Gasteiger partial charge on any atom is -0.346 e. The molecule has 0 fully saturated rings. The monoisotopic (exact) mass is 490 g/mol. The summed E-state index contributed by atoms with van der Waals surface area (Å²) in [7, 11) is 0. The first-order chi connectivity index (χ1) is 16.0. The zero-order chi connectivity index (χ0) is 25.0. The highest BCUT2D eigenvalue weighted by atomic mass is 35.5. The van der Waals surface area contributed by atoms with E-state index in [0.29, 0.717) is 27.4 Å². The maximum absolute atomic E-state index is 13.9. The molecule has 1 unspecified atom stereocenters. The fourth-order valence-corrected chi connectivity index (χ4v) is 3.71. The van der Waals surface area contributed by atoms with Gasteiger partial charge >= 0.3 is 6.18 Å². The van der Waals surface area contributed by atoms with Crippen LogP contribution in [-0.4, -0.2) is 17.1 Å². The molecule has 0 radical (unpaired) electrons. The molecule has 1 N–H and O–H groups in total. The Labute approximate surface area is 200 Å². The molecule has 178 valence electrons. The van der Waals surface area contributed by atoms with E-state index in [-0.39, 0.29) is 29.1 Å². The van der Waals surface area contributed by atoms with E-state index in [0.717, 1.165) is 6.08 Å². The molecule has 0 aliphatic heterocycles. The second-order valence-electron chi connectivity index (χ2n) is 8.07. The Morgan fingerprint density at radius 3 is 2.29 bits per heavy atom. The summed E-state index contributed by atoms with van der Waals surface area (Å²) in [5.41, 5.74) is 2.47. The SMILES string of the molecule is Cc1cc(/C=C/C(c2cc(C)c(F)c(C)c2)C(F)(F)F)ccc1C(=O)NCc1ccc(Cl)cn1. The zero-order valence-corrected chi connectivity index (χ0v) is 19.6. The molecule has 0 saturated heterocycles. The lowest BCUT2D eigenvalue weighted by atomic mass is 9.93. The second kappa shape index (κ2) is 10.4. The molecule has 1 heterocycles. The van der Waals surface area contributed by atoms with Gasteiger partial charge < -0.3 is 5.32 Å². The van der Waals surface area contributed by atoms with Gasteiger partial charge in [-0.05, 0) is 66.8 Å². The van der Waals surface area contributed by atoms with E-state index < -0.39 is 17.9 Å². The van der Waals surface area contributed by atoms with Gasteiger partial charge in [-0.2, -0.15) is 13.2 Å². The number of hydrogen-bond acceptors (Lipinski definition) is 2. The molecule has 0 saturated carbocycles. The number of alkyl halides is 3. The van der Waals surface area contributed by atoms with E-state index >= 15 is 0 Å². The molecule has 0 aliphatic carbocycles. The first kappa shape index (κ1) is 25.4. The normalized spacial score (nSPS) is 12.7. The van der Waals surface area contributed by atoms with Crippen molar-refractivity contribution in [2.45, 2.75) is 39.4 Å². The summed E-state index contributed by atoms with van der Waals surface area (Å²) >= 11 is 5.80. The minimum absolute atomic E-state index is 0.0244. The fourth-order valence-electron chi connectivity index (χ4n) is 3.60. The fraction of sp³-hybridized carbons (Fsp3) is 0.231. The lowest BCUT2D eigenvalue weighted by molar-refractivity contribution is -0.139. The summed E-state index contributed by atoms with van der Waals surface area (Å²) in [6.07, 6.45) is -0.651. The summed E-state index contributed by atoms with van der Waals surface area (Å²) in [6.45, 7) is 4.81. The molecule has 1 amide bonds. The number of amides is 1. The lowest BCUT2D eigenvalue weighted by Crippen LogP contribution is -2.24. The third-order valence-electron chi connectivity index (χ3n) is 5.37. The van der Waals surface area contributed by atoms with Gasteiger partial charge in [0.05, 0.1) is 23.2 Å². The Bertz CT molecular complexity index is 1200. The number of halogens is 5. The van der Waals surface area contributed by atoms with E-state index in [9.17, 15) is 22.4 Å². The summed E-state index contributed by atoms with van der Waals surface area (Å²) in [5, 5.41) is 3.25.